The summed E-state index contributed by atoms with van der Waals surface area (Å²) in [5.74, 6) is -0.0769. The van der Waals surface area contributed by atoms with Gasteiger partial charge in [-0.05, 0) is 62.4 Å². The molecule has 3 N–H and O–H groups in total. The van der Waals surface area contributed by atoms with Crippen LogP contribution < -0.4 is 11.1 Å². The zero-order valence-corrected chi connectivity index (χ0v) is 15.1. The second-order valence-corrected chi connectivity index (χ2v) is 8.36. The van der Waals surface area contributed by atoms with Crippen molar-refractivity contribution in [1.82, 2.24) is 0 Å². The molecule has 0 bridgehead atoms. The Balaban J connectivity index is 1.71. The minimum absolute atomic E-state index is 0.0769. The van der Waals surface area contributed by atoms with Gasteiger partial charge in [0, 0.05) is 15.5 Å². The number of nitrogens with two attached hydrogens (primary N) is 1. The lowest BCUT2D eigenvalue weighted by Gasteiger charge is -2.11. The number of hydrogen-bond donors (Lipinski definition) is 2. The van der Waals surface area contributed by atoms with Gasteiger partial charge in [0.1, 0.15) is 11.1 Å². The van der Waals surface area contributed by atoms with E-state index in [4.69, 9.17) is 5.73 Å². The number of hydrogen-bond acceptors (Lipinski definition) is 5. The molecule has 1 amide bonds. The number of carbonyl (C=O) groups excluding carboxylic acids is 1. The molecule has 24 heavy (non-hydrogen) atoms. The number of nitrogens with zero attached hydrogens (tertiary/aromatic N) is 1. The van der Waals surface area contributed by atoms with Crippen molar-refractivity contribution >= 4 is 39.7 Å². The fourth-order valence-electron chi connectivity index (χ4n) is 2.79. The molecule has 0 saturated carbocycles. The van der Waals surface area contributed by atoms with Gasteiger partial charge in [-0.2, -0.15) is 5.26 Å². The zero-order valence-electron chi connectivity index (χ0n) is 13.5. The number of carbonyl (C=O) groups is 1. The van der Waals surface area contributed by atoms with Crippen LogP contribution in [0, 0.1) is 11.3 Å². The van der Waals surface area contributed by atoms with Gasteiger partial charge < -0.3 is 11.1 Å². The predicted molar refractivity (Wildman–Crippen MR) is 100 cm³/mol. The van der Waals surface area contributed by atoms with Crippen LogP contribution in [0.25, 0.3) is 0 Å². The molecule has 124 valence electrons. The second-order valence-electron chi connectivity index (χ2n) is 5.85. The minimum atomic E-state index is -0.251. The predicted octanol–water partition coefficient (Wildman–Crippen LogP) is 4.20. The topological polar surface area (TPSA) is 78.9 Å². The molecular formula is C18H19N3OS2. The summed E-state index contributed by atoms with van der Waals surface area (Å²) in [5, 5.41) is 12.9. The monoisotopic (exact) mass is 357 g/mol. The molecular weight excluding hydrogens is 338 g/mol. The van der Waals surface area contributed by atoms with E-state index in [1.165, 1.54) is 16.6 Å². The Labute approximate surface area is 150 Å². The van der Waals surface area contributed by atoms with Gasteiger partial charge in [-0.25, -0.2) is 0 Å². The third-order valence-corrected chi connectivity index (χ3v) is 6.40. The van der Waals surface area contributed by atoms with E-state index < -0.39 is 0 Å². The lowest BCUT2D eigenvalue weighted by Crippen LogP contribution is -2.22. The number of thiophene rings is 1. The molecule has 3 rings (SSSR count). The zero-order chi connectivity index (χ0) is 17.1. The number of fused-ring (bicyclic) bond motifs is 1. The van der Waals surface area contributed by atoms with Gasteiger partial charge >= 0.3 is 0 Å². The van der Waals surface area contributed by atoms with Crippen molar-refractivity contribution in [2.45, 2.75) is 42.8 Å². The smallest absolute Gasteiger partial charge is 0.238 e. The number of benzene rings is 1. The number of anilines is 2. The molecule has 1 aromatic carbocycles. The van der Waals surface area contributed by atoms with E-state index in [-0.39, 0.29) is 11.2 Å². The third-order valence-electron chi connectivity index (χ3n) is 4.08. The Morgan fingerprint density at radius 2 is 2.04 bits per heavy atom. The summed E-state index contributed by atoms with van der Waals surface area (Å²) in [7, 11) is 0. The summed E-state index contributed by atoms with van der Waals surface area (Å²) in [5.41, 5.74) is 8.19. The number of nitrogens with one attached hydrogen (secondary N) is 1. The molecule has 1 unspecified atom stereocenters. The summed E-state index contributed by atoms with van der Waals surface area (Å²) in [4.78, 5) is 14.8. The molecule has 0 fully saturated rings. The normalized spacial score (nSPS) is 14.5. The van der Waals surface area contributed by atoms with Crippen molar-refractivity contribution in [3.05, 3.63) is 40.3 Å². The highest BCUT2D eigenvalue weighted by Gasteiger charge is 2.23. The van der Waals surface area contributed by atoms with Crippen LogP contribution in [0.1, 0.15) is 35.8 Å². The maximum atomic E-state index is 12.5. The second kappa shape index (κ2) is 7.29. The number of rotatable bonds is 4. The van der Waals surface area contributed by atoms with E-state index in [0.29, 0.717) is 16.3 Å². The fourth-order valence-corrected chi connectivity index (χ4v) is 4.90. The van der Waals surface area contributed by atoms with Crippen LogP contribution in [-0.2, 0) is 17.6 Å². The molecule has 1 aromatic heterocycles. The summed E-state index contributed by atoms with van der Waals surface area (Å²) >= 11 is 3.04. The quantitative estimate of drug-likeness (QED) is 0.635. The molecule has 0 saturated heterocycles. The number of nitriles is 1. The first kappa shape index (κ1) is 16.9. The SMILES string of the molecule is CC(Sc1ccc(N)cc1)C(=O)Nc1sc2c(c1C#N)CCCC2. The molecule has 2 aromatic rings. The number of thioether (sulfide) groups is 1. The minimum Gasteiger partial charge on any atom is -0.399 e. The lowest BCUT2D eigenvalue weighted by molar-refractivity contribution is -0.115. The molecule has 0 radical (unpaired) electrons. The van der Waals surface area contributed by atoms with Gasteiger partial charge in [0.2, 0.25) is 5.91 Å². The maximum absolute atomic E-state index is 12.5. The van der Waals surface area contributed by atoms with Crippen LogP contribution >= 0.6 is 23.1 Å². The number of aryl methyl sites for hydroxylation is 1. The van der Waals surface area contributed by atoms with Gasteiger partial charge in [0.05, 0.1) is 10.8 Å². The first-order chi connectivity index (χ1) is 11.6. The average Bonchev–Trinajstić information content (AvgIpc) is 2.93. The lowest BCUT2D eigenvalue weighted by atomic mass is 9.96. The van der Waals surface area contributed by atoms with Crippen LogP contribution in [-0.4, -0.2) is 11.2 Å². The molecule has 4 nitrogen and oxygen atoms in total. The maximum Gasteiger partial charge on any atom is 0.238 e. The Bertz CT molecular complexity index is 790. The van der Waals surface area contributed by atoms with Gasteiger partial charge in [0.15, 0.2) is 0 Å². The molecule has 0 spiro atoms. The number of amides is 1. The summed E-state index contributed by atoms with van der Waals surface area (Å²) < 4.78 is 0. The van der Waals surface area contributed by atoms with Crippen molar-refractivity contribution in [3.8, 4) is 6.07 Å². The Kier molecular flexibility index (Phi) is 5.12. The van der Waals surface area contributed by atoms with Crippen molar-refractivity contribution in [2.24, 2.45) is 0 Å². The van der Waals surface area contributed by atoms with Crippen molar-refractivity contribution in [3.63, 3.8) is 0 Å². The van der Waals surface area contributed by atoms with E-state index in [2.05, 4.69) is 11.4 Å². The molecule has 1 aliphatic rings. The Morgan fingerprint density at radius 3 is 2.75 bits per heavy atom. The van der Waals surface area contributed by atoms with Gasteiger partial charge in [-0.3, -0.25) is 4.79 Å². The molecule has 6 heteroatoms. The van der Waals surface area contributed by atoms with E-state index in [1.54, 1.807) is 11.3 Å². The fraction of sp³-hybridized carbons (Fsp3) is 0.333. The highest BCUT2D eigenvalue weighted by atomic mass is 32.2. The van der Waals surface area contributed by atoms with Gasteiger partial charge in [0.25, 0.3) is 0 Å². The summed E-state index contributed by atoms with van der Waals surface area (Å²) in [6.07, 6.45) is 4.24. The standard InChI is InChI=1S/C18H19N3OS2/c1-11(23-13-8-6-12(20)7-9-13)17(22)21-18-15(10-19)14-4-2-3-5-16(14)24-18/h6-9,11H,2-5,20H2,1H3,(H,21,22). The van der Waals surface area contributed by atoms with Crippen molar-refractivity contribution < 1.29 is 4.79 Å². The molecule has 1 heterocycles. The number of nitrogen functional groups attached to an aromatic ring is 1. The molecule has 0 aliphatic heterocycles. The highest BCUT2D eigenvalue weighted by Crippen LogP contribution is 2.38. The Hall–Kier alpha value is -1.97. The first-order valence-electron chi connectivity index (χ1n) is 7.96. The highest BCUT2D eigenvalue weighted by molar-refractivity contribution is 8.00. The third kappa shape index (κ3) is 3.58. The van der Waals surface area contributed by atoms with Crippen LogP contribution in [0.2, 0.25) is 0 Å². The first-order valence-corrected chi connectivity index (χ1v) is 9.66. The molecule has 1 atom stereocenters. The Morgan fingerprint density at radius 1 is 1.33 bits per heavy atom. The van der Waals surface area contributed by atoms with Crippen LogP contribution in [0.5, 0.6) is 0 Å². The van der Waals surface area contributed by atoms with Gasteiger partial charge in [-0.1, -0.05) is 0 Å². The van der Waals surface area contributed by atoms with E-state index in [9.17, 15) is 10.1 Å². The largest absolute Gasteiger partial charge is 0.399 e. The van der Waals surface area contributed by atoms with Crippen LogP contribution in [0.4, 0.5) is 10.7 Å². The van der Waals surface area contributed by atoms with E-state index in [0.717, 1.165) is 36.1 Å². The van der Waals surface area contributed by atoms with Crippen LogP contribution in [0.3, 0.4) is 0 Å². The average molecular weight is 358 g/mol. The summed E-state index contributed by atoms with van der Waals surface area (Å²) in [6.45, 7) is 1.87. The van der Waals surface area contributed by atoms with E-state index in [1.807, 2.05) is 31.2 Å². The summed E-state index contributed by atoms with van der Waals surface area (Å²) in [6, 6.07) is 9.76. The van der Waals surface area contributed by atoms with E-state index >= 15 is 0 Å². The van der Waals surface area contributed by atoms with Crippen molar-refractivity contribution in [2.75, 3.05) is 11.1 Å². The van der Waals surface area contributed by atoms with Crippen molar-refractivity contribution in [1.29, 1.82) is 5.26 Å². The van der Waals surface area contributed by atoms with Gasteiger partial charge in [-0.15, -0.1) is 23.1 Å². The molecule has 1 aliphatic carbocycles. The van der Waals surface area contributed by atoms with Crippen LogP contribution in [0.15, 0.2) is 29.2 Å².